The zero-order chi connectivity index (χ0) is 17.2. The molecule has 3 aromatic heterocycles. The SMILES string of the molecule is O=C1NCCc2[nH]c3nc(Nc4ccc(NCCF)cn4)ccc3c21. The van der Waals surface area contributed by atoms with Gasteiger partial charge in [0.15, 0.2) is 0 Å². The first-order chi connectivity index (χ1) is 12.2. The van der Waals surface area contributed by atoms with Crippen LogP contribution in [-0.2, 0) is 6.42 Å². The van der Waals surface area contributed by atoms with Crippen LogP contribution in [0, 0.1) is 0 Å². The van der Waals surface area contributed by atoms with Gasteiger partial charge in [0.05, 0.1) is 17.4 Å². The molecule has 0 aliphatic carbocycles. The van der Waals surface area contributed by atoms with E-state index in [4.69, 9.17) is 0 Å². The number of carbonyl (C=O) groups is 1. The number of anilines is 3. The highest BCUT2D eigenvalue weighted by molar-refractivity contribution is 6.08. The number of pyridine rings is 2. The molecule has 0 saturated heterocycles. The Morgan fingerprint density at radius 1 is 1.20 bits per heavy atom. The Morgan fingerprint density at radius 2 is 2.08 bits per heavy atom. The Hall–Kier alpha value is -3.16. The number of amides is 1. The van der Waals surface area contributed by atoms with E-state index in [2.05, 4.69) is 30.9 Å². The van der Waals surface area contributed by atoms with Crippen LogP contribution in [-0.4, -0.2) is 40.6 Å². The number of fused-ring (bicyclic) bond motifs is 3. The van der Waals surface area contributed by atoms with Gasteiger partial charge in [0, 0.05) is 30.6 Å². The number of carbonyl (C=O) groups excluding carboxylic acids is 1. The van der Waals surface area contributed by atoms with Crippen molar-refractivity contribution in [3.8, 4) is 0 Å². The molecule has 4 heterocycles. The van der Waals surface area contributed by atoms with Gasteiger partial charge in [0.2, 0.25) is 0 Å². The second-order valence-electron chi connectivity index (χ2n) is 5.75. The number of nitrogens with zero attached hydrogens (tertiary/aromatic N) is 2. The number of hydrogen-bond acceptors (Lipinski definition) is 5. The Morgan fingerprint density at radius 3 is 2.88 bits per heavy atom. The molecule has 0 fully saturated rings. The van der Waals surface area contributed by atoms with E-state index in [9.17, 15) is 9.18 Å². The standard InChI is InChI=1S/C17H17FN6O/c18-6-8-19-10-1-3-13(21-9-10)23-14-4-2-11-15-12(22-16(11)24-14)5-7-20-17(15)25/h1-4,9,19H,5-8H2,(H,20,25)(H2,21,22,23,24). The van der Waals surface area contributed by atoms with Crippen LogP contribution in [0.4, 0.5) is 21.7 Å². The van der Waals surface area contributed by atoms with Gasteiger partial charge in [-0.15, -0.1) is 0 Å². The zero-order valence-electron chi connectivity index (χ0n) is 13.4. The first-order valence-corrected chi connectivity index (χ1v) is 8.07. The molecule has 0 bridgehead atoms. The number of H-pyrrole nitrogens is 1. The van der Waals surface area contributed by atoms with Crippen molar-refractivity contribution in [3.63, 3.8) is 0 Å². The molecule has 7 nitrogen and oxygen atoms in total. The molecule has 4 N–H and O–H groups in total. The molecule has 0 radical (unpaired) electrons. The third-order valence-corrected chi connectivity index (χ3v) is 4.07. The van der Waals surface area contributed by atoms with Crippen LogP contribution in [0.5, 0.6) is 0 Å². The maximum atomic E-state index is 12.2. The Bertz CT molecular complexity index is 921. The van der Waals surface area contributed by atoms with Gasteiger partial charge in [-0.2, -0.15) is 0 Å². The predicted molar refractivity (Wildman–Crippen MR) is 94.1 cm³/mol. The van der Waals surface area contributed by atoms with Gasteiger partial charge in [-0.05, 0) is 24.3 Å². The van der Waals surface area contributed by atoms with Gasteiger partial charge in [-0.25, -0.2) is 14.4 Å². The van der Waals surface area contributed by atoms with E-state index in [1.54, 1.807) is 12.3 Å². The van der Waals surface area contributed by atoms with Crippen LogP contribution >= 0.6 is 0 Å². The number of rotatable bonds is 5. The van der Waals surface area contributed by atoms with Crippen LogP contribution in [0.15, 0.2) is 30.5 Å². The molecule has 0 aromatic carbocycles. The number of nitrogens with one attached hydrogen (secondary N) is 4. The van der Waals surface area contributed by atoms with Crippen molar-refractivity contribution in [3.05, 3.63) is 41.7 Å². The maximum Gasteiger partial charge on any atom is 0.253 e. The second-order valence-corrected chi connectivity index (χ2v) is 5.75. The number of hydrogen-bond donors (Lipinski definition) is 4. The topological polar surface area (TPSA) is 94.7 Å². The summed E-state index contributed by atoms with van der Waals surface area (Å²) in [7, 11) is 0. The van der Waals surface area contributed by atoms with E-state index in [1.807, 2.05) is 18.2 Å². The fourth-order valence-electron chi connectivity index (χ4n) is 2.93. The summed E-state index contributed by atoms with van der Waals surface area (Å²) in [5, 5.41) is 9.71. The molecule has 0 spiro atoms. The normalized spacial score (nSPS) is 13.4. The molecule has 1 aliphatic rings. The van der Waals surface area contributed by atoms with Crippen LogP contribution < -0.4 is 16.0 Å². The monoisotopic (exact) mass is 340 g/mol. The lowest BCUT2D eigenvalue weighted by Crippen LogP contribution is -2.31. The minimum atomic E-state index is -0.428. The molecule has 0 saturated carbocycles. The number of alkyl halides is 1. The van der Waals surface area contributed by atoms with Gasteiger partial charge in [-0.1, -0.05) is 0 Å². The first-order valence-electron chi connectivity index (χ1n) is 8.07. The van der Waals surface area contributed by atoms with Gasteiger partial charge in [0.25, 0.3) is 5.91 Å². The average Bonchev–Trinajstić information content (AvgIpc) is 3.00. The molecule has 128 valence electrons. The van der Waals surface area contributed by atoms with Gasteiger partial charge >= 0.3 is 0 Å². The van der Waals surface area contributed by atoms with Crippen LogP contribution in [0.25, 0.3) is 11.0 Å². The van der Waals surface area contributed by atoms with Crippen molar-refractivity contribution in [1.29, 1.82) is 0 Å². The van der Waals surface area contributed by atoms with Crippen molar-refractivity contribution < 1.29 is 9.18 Å². The molecule has 3 aromatic rings. The highest BCUT2D eigenvalue weighted by Crippen LogP contribution is 2.25. The van der Waals surface area contributed by atoms with Crippen molar-refractivity contribution in [2.45, 2.75) is 6.42 Å². The summed E-state index contributed by atoms with van der Waals surface area (Å²) >= 11 is 0. The summed E-state index contributed by atoms with van der Waals surface area (Å²) in [6.07, 6.45) is 2.41. The summed E-state index contributed by atoms with van der Waals surface area (Å²) < 4.78 is 12.2. The molecule has 25 heavy (non-hydrogen) atoms. The van der Waals surface area contributed by atoms with E-state index >= 15 is 0 Å². The van der Waals surface area contributed by atoms with E-state index < -0.39 is 6.67 Å². The van der Waals surface area contributed by atoms with Crippen molar-refractivity contribution in [2.24, 2.45) is 0 Å². The van der Waals surface area contributed by atoms with E-state index in [-0.39, 0.29) is 12.5 Å². The average molecular weight is 340 g/mol. The zero-order valence-corrected chi connectivity index (χ0v) is 13.4. The number of aromatic nitrogens is 3. The summed E-state index contributed by atoms with van der Waals surface area (Å²) in [6, 6.07) is 7.30. The van der Waals surface area contributed by atoms with E-state index in [1.165, 1.54) is 0 Å². The minimum Gasteiger partial charge on any atom is -0.381 e. The minimum absolute atomic E-state index is 0.0620. The lowest BCUT2D eigenvalue weighted by atomic mass is 10.1. The fourth-order valence-corrected chi connectivity index (χ4v) is 2.93. The Kier molecular flexibility index (Phi) is 3.93. The van der Waals surface area contributed by atoms with Crippen LogP contribution in [0.2, 0.25) is 0 Å². The molecule has 1 aliphatic heterocycles. The summed E-state index contributed by atoms with van der Waals surface area (Å²) in [6.45, 7) is 0.469. The fraction of sp³-hybridized carbons (Fsp3) is 0.235. The summed E-state index contributed by atoms with van der Waals surface area (Å²) in [5.74, 6) is 1.20. The van der Waals surface area contributed by atoms with E-state index in [0.29, 0.717) is 29.4 Å². The summed E-state index contributed by atoms with van der Waals surface area (Å²) in [5.41, 5.74) is 3.04. The lowest BCUT2D eigenvalue weighted by molar-refractivity contribution is 0.0947. The second kappa shape index (κ2) is 6.39. The predicted octanol–water partition coefficient (Wildman–Crippen LogP) is 2.37. The highest BCUT2D eigenvalue weighted by Gasteiger charge is 2.22. The molecule has 8 heteroatoms. The first kappa shape index (κ1) is 15.4. The molecular weight excluding hydrogens is 323 g/mol. The molecule has 4 rings (SSSR count). The Balaban J connectivity index is 1.57. The van der Waals surface area contributed by atoms with Crippen LogP contribution in [0.3, 0.4) is 0 Å². The third-order valence-electron chi connectivity index (χ3n) is 4.07. The van der Waals surface area contributed by atoms with Crippen molar-refractivity contribution in [1.82, 2.24) is 20.3 Å². The molecular formula is C17H17FN6O. The molecule has 0 unspecified atom stereocenters. The Labute approximate surface area is 143 Å². The van der Waals surface area contributed by atoms with E-state index in [0.717, 1.165) is 23.2 Å². The van der Waals surface area contributed by atoms with Gasteiger partial charge < -0.3 is 20.9 Å². The largest absolute Gasteiger partial charge is 0.381 e. The number of aromatic amines is 1. The summed E-state index contributed by atoms with van der Waals surface area (Å²) in [4.78, 5) is 24.1. The van der Waals surface area contributed by atoms with Crippen molar-refractivity contribution >= 4 is 34.3 Å². The lowest BCUT2D eigenvalue weighted by Gasteiger charge is -2.11. The number of halogens is 1. The van der Waals surface area contributed by atoms with Crippen LogP contribution in [0.1, 0.15) is 16.1 Å². The smallest absolute Gasteiger partial charge is 0.253 e. The molecule has 0 atom stereocenters. The highest BCUT2D eigenvalue weighted by atomic mass is 19.1. The van der Waals surface area contributed by atoms with Crippen molar-refractivity contribution in [2.75, 3.05) is 30.4 Å². The third kappa shape index (κ3) is 2.98. The quantitative estimate of drug-likeness (QED) is 0.572. The maximum absolute atomic E-state index is 12.2. The van der Waals surface area contributed by atoms with Gasteiger partial charge in [0.1, 0.15) is 24.0 Å². The molecule has 1 amide bonds. The van der Waals surface area contributed by atoms with Gasteiger partial charge in [-0.3, -0.25) is 4.79 Å².